The number of nitrogens with zero attached hydrogens (tertiary/aromatic N) is 3. The van der Waals surface area contributed by atoms with Crippen LogP contribution in [0.5, 0.6) is 0 Å². The van der Waals surface area contributed by atoms with E-state index in [1.54, 1.807) is 0 Å². The van der Waals surface area contributed by atoms with Gasteiger partial charge in [-0.1, -0.05) is 152 Å². The predicted octanol–water partition coefficient (Wildman–Crippen LogP) is 17.8. The zero-order valence-electron chi connectivity index (χ0n) is 37.4. The Morgan fingerprint density at radius 3 is 1.04 bits per heavy atom. The monoisotopic (exact) mass is 873 g/mol. The van der Waals surface area contributed by atoms with Crippen molar-refractivity contribution >= 4 is 114 Å². The Morgan fingerprint density at radius 1 is 0.188 bits per heavy atom. The predicted molar refractivity (Wildman–Crippen MR) is 293 cm³/mol. The molecule has 0 aliphatic rings. The Kier molecular flexibility index (Phi) is 7.34. The number of hydrogen-bond acceptors (Lipinski definition) is 0. The van der Waals surface area contributed by atoms with Crippen LogP contribution in [0.3, 0.4) is 0 Å². The summed E-state index contributed by atoms with van der Waals surface area (Å²) in [6.45, 7) is 0. The van der Waals surface area contributed by atoms with Gasteiger partial charge in [0.25, 0.3) is 0 Å². The fraction of sp³-hybridized carbons (Fsp3) is 0. The maximum Gasteiger partial charge on any atom is 0.0620 e. The standard InChI is InChI=1S/C66H39N3/c1-2-15-48-46(13-1)47-14-3-4-16-49(47)55-39-45(31-32-50(48)55)68-61-22-10-6-18-52(61)57-36-42(28-34-65(57)68)41-27-33-64-56(35-41)51-17-5-9-21-60(51)67(64)44-29-25-40(26-30-44)43-37-58-53-19-7-11-23-62(53)69-63-24-12-8-20-54(63)59(38-43)66(58)69/h1-39H. The molecule has 0 spiro atoms. The van der Waals surface area contributed by atoms with Crippen molar-refractivity contribution in [1.29, 1.82) is 0 Å². The van der Waals surface area contributed by atoms with E-state index in [1.807, 2.05) is 0 Å². The Bertz CT molecular complexity index is 4710. The van der Waals surface area contributed by atoms with E-state index in [1.165, 1.54) is 142 Å². The van der Waals surface area contributed by atoms with Gasteiger partial charge in [-0.2, -0.15) is 0 Å². The topological polar surface area (TPSA) is 14.3 Å². The second-order valence-electron chi connectivity index (χ2n) is 18.8. The minimum Gasteiger partial charge on any atom is -0.309 e. The second-order valence-corrected chi connectivity index (χ2v) is 18.8. The lowest BCUT2D eigenvalue weighted by Crippen LogP contribution is -1.94. The summed E-state index contributed by atoms with van der Waals surface area (Å²) < 4.78 is 7.32. The van der Waals surface area contributed by atoms with Crippen LogP contribution in [0.4, 0.5) is 0 Å². The zero-order chi connectivity index (χ0) is 44.9. The van der Waals surface area contributed by atoms with E-state index in [-0.39, 0.29) is 0 Å². The first-order valence-electron chi connectivity index (χ1n) is 23.9. The Morgan fingerprint density at radius 2 is 0.536 bits per heavy atom. The smallest absolute Gasteiger partial charge is 0.0620 e. The van der Waals surface area contributed by atoms with Gasteiger partial charge in [0.05, 0.1) is 38.6 Å². The molecule has 0 atom stereocenters. The van der Waals surface area contributed by atoms with Crippen molar-refractivity contribution in [3.8, 4) is 33.6 Å². The third-order valence-corrected chi connectivity index (χ3v) is 15.3. The fourth-order valence-electron chi connectivity index (χ4n) is 12.3. The molecule has 3 heteroatoms. The van der Waals surface area contributed by atoms with Gasteiger partial charge in [0.15, 0.2) is 0 Å². The maximum atomic E-state index is 2.45. The third kappa shape index (κ3) is 5.06. The fourth-order valence-corrected chi connectivity index (χ4v) is 12.3. The number of fused-ring (bicyclic) bond motifs is 18. The summed E-state index contributed by atoms with van der Waals surface area (Å²) in [6, 6.07) is 88.0. The van der Waals surface area contributed by atoms with Crippen molar-refractivity contribution in [2.75, 3.05) is 0 Å². The van der Waals surface area contributed by atoms with Gasteiger partial charge < -0.3 is 13.5 Å². The van der Waals surface area contributed by atoms with Crippen molar-refractivity contribution < 1.29 is 0 Å². The van der Waals surface area contributed by atoms with E-state index in [0.717, 1.165) is 5.69 Å². The molecule has 4 heterocycles. The molecule has 318 valence electrons. The van der Waals surface area contributed by atoms with Crippen LogP contribution < -0.4 is 0 Å². The number of hydrogen-bond donors (Lipinski definition) is 0. The van der Waals surface area contributed by atoms with Gasteiger partial charge in [-0.3, -0.25) is 0 Å². The van der Waals surface area contributed by atoms with Gasteiger partial charge in [-0.05, 0) is 140 Å². The van der Waals surface area contributed by atoms with E-state index < -0.39 is 0 Å². The highest BCUT2D eigenvalue weighted by Gasteiger charge is 2.20. The van der Waals surface area contributed by atoms with Gasteiger partial charge in [0.1, 0.15) is 0 Å². The molecule has 0 fully saturated rings. The second kappa shape index (κ2) is 13.7. The average Bonchev–Trinajstić information content (AvgIpc) is 4.15. The van der Waals surface area contributed by atoms with Crippen LogP contribution in [0.2, 0.25) is 0 Å². The van der Waals surface area contributed by atoms with Crippen molar-refractivity contribution in [2.45, 2.75) is 0 Å². The van der Waals surface area contributed by atoms with Crippen LogP contribution >= 0.6 is 0 Å². The van der Waals surface area contributed by atoms with Gasteiger partial charge in [0.2, 0.25) is 0 Å². The molecule has 0 radical (unpaired) electrons. The quantitative estimate of drug-likeness (QED) is 0.156. The lowest BCUT2D eigenvalue weighted by molar-refractivity contribution is 1.18. The van der Waals surface area contributed by atoms with Gasteiger partial charge in [-0.25, -0.2) is 0 Å². The van der Waals surface area contributed by atoms with Crippen LogP contribution in [-0.4, -0.2) is 13.5 Å². The SMILES string of the molecule is c1ccc2c(c1)c1ccccc1c1cc(-n3c4ccccc4c4cc(-c5ccc6c(c5)c5ccccc5n6-c5ccc(-c6cc7c8ccccc8n8c9ccccc9c(c6)c78)cc5)ccc43)ccc21. The highest BCUT2D eigenvalue weighted by atomic mass is 15.0. The van der Waals surface area contributed by atoms with Crippen molar-refractivity contribution in [3.05, 3.63) is 237 Å². The van der Waals surface area contributed by atoms with Crippen LogP contribution in [-0.2, 0) is 0 Å². The molecule has 12 aromatic carbocycles. The van der Waals surface area contributed by atoms with E-state index in [4.69, 9.17) is 0 Å². The molecule has 0 N–H and O–H groups in total. The first kappa shape index (κ1) is 37.0. The maximum absolute atomic E-state index is 2.45. The molecule has 4 aromatic heterocycles. The molecular formula is C66H39N3. The van der Waals surface area contributed by atoms with Crippen molar-refractivity contribution in [2.24, 2.45) is 0 Å². The molecule has 0 bridgehead atoms. The van der Waals surface area contributed by atoms with Crippen molar-refractivity contribution in [1.82, 2.24) is 13.5 Å². The number of benzene rings is 12. The van der Waals surface area contributed by atoms with E-state index in [0.29, 0.717) is 0 Å². The van der Waals surface area contributed by atoms with Gasteiger partial charge in [-0.15, -0.1) is 0 Å². The molecule has 69 heavy (non-hydrogen) atoms. The molecule has 0 unspecified atom stereocenters. The molecule has 3 nitrogen and oxygen atoms in total. The zero-order valence-corrected chi connectivity index (χ0v) is 37.4. The Balaban J connectivity index is 0.812. The van der Waals surface area contributed by atoms with Gasteiger partial charge in [0, 0.05) is 54.5 Å². The summed E-state index contributed by atoms with van der Waals surface area (Å²) in [7, 11) is 0. The van der Waals surface area contributed by atoms with Crippen LogP contribution in [0.1, 0.15) is 0 Å². The highest BCUT2D eigenvalue weighted by molar-refractivity contribution is 6.26. The summed E-state index contributed by atoms with van der Waals surface area (Å²) in [5.74, 6) is 0. The first-order valence-corrected chi connectivity index (χ1v) is 23.9. The molecule has 16 rings (SSSR count). The normalized spacial score (nSPS) is 12.3. The molecule has 16 aromatic rings. The number of rotatable bonds is 4. The van der Waals surface area contributed by atoms with Crippen molar-refractivity contribution in [3.63, 3.8) is 0 Å². The molecule has 0 saturated heterocycles. The highest BCUT2D eigenvalue weighted by Crippen LogP contribution is 2.44. The van der Waals surface area contributed by atoms with Crippen LogP contribution in [0.25, 0.3) is 148 Å². The minimum atomic E-state index is 1.15. The summed E-state index contributed by atoms with van der Waals surface area (Å²) in [5, 5.41) is 17.9. The summed E-state index contributed by atoms with van der Waals surface area (Å²) >= 11 is 0. The van der Waals surface area contributed by atoms with Crippen LogP contribution in [0.15, 0.2) is 237 Å². The summed E-state index contributed by atoms with van der Waals surface area (Å²) in [5.41, 5.74) is 15.8. The minimum absolute atomic E-state index is 1.15. The average molecular weight is 874 g/mol. The largest absolute Gasteiger partial charge is 0.309 e. The lowest BCUT2D eigenvalue weighted by Gasteiger charge is -2.14. The van der Waals surface area contributed by atoms with E-state index in [2.05, 4.69) is 250 Å². The number of para-hydroxylation sites is 4. The third-order valence-electron chi connectivity index (χ3n) is 15.3. The van der Waals surface area contributed by atoms with E-state index in [9.17, 15) is 0 Å². The first-order chi connectivity index (χ1) is 34.2. The Labute approximate surface area is 395 Å². The molecule has 0 saturated carbocycles. The van der Waals surface area contributed by atoms with Crippen LogP contribution in [0, 0.1) is 0 Å². The summed E-state index contributed by atoms with van der Waals surface area (Å²) in [4.78, 5) is 0. The summed E-state index contributed by atoms with van der Waals surface area (Å²) in [6.07, 6.45) is 0. The molecule has 0 aliphatic heterocycles. The Hall–Kier alpha value is -9.18. The molecule has 0 aliphatic carbocycles. The van der Waals surface area contributed by atoms with Gasteiger partial charge >= 0.3 is 0 Å². The lowest BCUT2D eigenvalue weighted by atomic mass is 9.94. The van der Waals surface area contributed by atoms with E-state index >= 15 is 0 Å². The molecular weight excluding hydrogens is 835 g/mol. The number of aromatic nitrogens is 3. The molecule has 0 amide bonds.